The maximum atomic E-state index is 10.2. The van der Waals surface area contributed by atoms with Crippen LogP contribution in [0, 0.1) is 13.8 Å². The summed E-state index contributed by atoms with van der Waals surface area (Å²) in [6, 6.07) is 16.4. The number of aryl methyl sites for hydroxylation is 2. The number of hydrogen-bond acceptors (Lipinski definition) is 6. The topological polar surface area (TPSA) is 70.5 Å². The SMILES string of the molecule is Cc1ccc(OCCNc2ncc3c(n2)CC(c2ccccc2)CC3N(C)O)cc1C. The zero-order valence-corrected chi connectivity index (χ0v) is 18.4. The van der Waals surface area contributed by atoms with E-state index >= 15 is 0 Å². The molecule has 1 aromatic heterocycles. The molecule has 0 saturated heterocycles. The van der Waals surface area contributed by atoms with Gasteiger partial charge < -0.3 is 15.3 Å². The van der Waals surface area contributed by atoms with Crippen LogP contribution in [0.2, 0.25) is 0 Å². The lowest BCUT2D eigenvalue weighted by Crippen LogP contribution is -2.29. The monoisotopic (exact) mass is 418 g/mol. The van der Waals surface area contributed by atoms with Crippen molar-refractivity contribution >= 4 is 5.95 Å². The first-order chi connectivity index (χ1) is 15.0. The van der Waals surface area contributed by atoms with Crippen LogP contribution < -0.4 is 10.1 Å². The van der Waals surface area contributed by atoms with E-state index < -0.39 is 0 Å². The van der Waals surface area contributed by atoms with Crippen LogP contribution in [0.1, 0.15) is 46.3 Å². The molecule has 3 aromatic rings. The molecule has 0 saturated carbocycles. The van der Waals surface area contributed by atoms with Crippen LogP contribution in [0.3, 0.4) is 0 Å². The summed E-state index contributed by atoms with van der Waals surface area (Å²) in [5, 5.41) is 14.8. The molecule has 2 N–H and O–H groups in total. The minimum Gasteiger partial charge on any atom is -0.492 e. The minimum atomic E-state index is -0.115. The highest BCUT2D eigenvalue weighted by molar-refractivity contribution is 5.36. The van der Waals surface area contributed by atoms with Gasteiger partial charge >= 0.3 is 0 Å². The van der Waals surface area contributed by atoms with Crippen molar-refractivity contribution in [2.24, 2.45) is 0 Å². The second kappa shape index (κ2) is 9.45. The second-order valence-electron chi connectivity index (χ2n) is 8.25. The summed E-state index contributed by atoms with van der Waals surface area (Å²) < 4.78 is 5.84. The average molecular weight is 419 g/mol. The molecule has 0 fully saturated rings. The largest absolute Gasteiger partial charge is 0.492 e. The van der Waals surface area contributed by atoms with Gasteiger partial charge in [0, 0.05) is 18.8 Å². The Morgan fingerprint density at radius 2 is 1.94 bits per heavy atom. The molecule has 0 aliphatic heterocycles. The molecule has 0 amide bonds. The highest BCUT2D eigenvalue weighted by Crippen LogP contribution is 2.40. The minimum absolute atomic E-state index is 0.115. The van der Waals surface area contributed by atoms with E-state index in [1.807, 2.05) is 18.3 Å². The first kappa shape index (κ1) is 21.3. The van der Waals surface area contributed by atoms with E-state index in [-0.39, 0.29) is 6.04 Å². The summed E-state index contributed by atoms with van der Waals surface area (Å²) in [5.41, 5.74) is 5.73. The van der Waals surface area contributed by atoms with Crippen molar-refractivity contribution in [1.82, 2.24) is 15.0 Å². The van der Waals surface area contributed by atoms with Gasteiger partial charge in [0.2, 0.25) is 5.95 Å². The van der Waals surface area contributed by atoms with Gasteiger partial charge in [0.1, 0.15) is 12.4 Å². The molecule has 6 nitrogen and oxygen atoms in total. The van der Waals surface area contributed by atoms with E-state index in [4.69, 9.17) is 9.72 Å². The van der Waals surface area contributed by atoms with Crippen LogP contribution in [0.5, 0.6) is 5.75 Å². The van der Waals surface area contributed by atoms with Crippen molar-refractivity contribution in [2.45, 2.75) is 38.6 Å². The summed E-state index contributed by atoms with van der Waals surface area (Å²) in [6.45, 7) is 5.31. The Labute approximate surface area is 183 Å². The highest BCUT2D eigenvalue weighted by Gasteiger charge is 2.31. The fraction of sp³-hybridized carbons (Fsp3) is 0.360. The Kier molecular flexibility index (Phi) is 6.49. The molecule has 1 aliphatic carbocycles. The molecule has 0 radical (unpaired) electrons. The molecule has 2 unspecified atom stereocenters. The lowest BCUT2D eigenvalue weighted by atomic mass is 9.80. The molecule has 0 spiro atoms. The third kappa shape index (κ3) is 5.03. The van der Waals surface area contributed by atoms with Crippen molar-refractivity contribution in [1.29, 1.82) is 0 Å². The van der Waals surface area contributed by atoms with Gasteiger partial charge in [-0.3, -0.25) is 0 Å². The quantitative estimate of drug-likeness (QED) is 0.429. The standard InChI is InChI=1S/C25H30N4O2/c1-17-9-10-21(13-18(17)2)31-12-11-26-25-27-16-22-23(28-25)14-20(15-24(22)29(3)30)19-7-5-4-6-8-19/h4-10,13,16,20,24,30H,11-12,14-15H2,1-3H3,(H,26,27,28). The number of ether oxygens (including phenoxy) is 1. The van der Waals surface area contributed by atoms with Gasteiger partial charge in [-0.05, 0) is 61.4 Å². The highest BCUT2D eigenvalue weighted by atomic mass is 16.5. The Balaban J connectivity index is 1.42. The molecule has 0 bridgehead atoms. The Hall–Kier alpha value is -2.96. The summed E-state index contributed by atoms with van der Waals surface area (Å²) in [5.74, 6) is 1.77. The van der Waals surface area contributed by atoms with Crippen molar-refractivity contribution in [3.63, 3.8) is 0 Å². The number of nitrogens with one attached hydrogen (secondary N) is 1. The summed E-state index contributed by atoms with van der Waals surface area (Å²) in [6.07, 6.45) is 3.51. The van der Waals surface area contributed by atoms with E-state index in [0.29, 0.717) is 25.0 Å². The predicted octanol–water partition coefficient (Wildman–Crippen LogP) is 4.68. The predicted molar refractivity (Wildman–Crippen MR) is 122 cm³/mol. The number of benzene rings is 2. The van der Waals surface area contributed by atoms with Gasteiger partial charge in [0.05, 0.1) is 18.3 Å². The van der Waals surface area contributed by atoms with Crippen molar-refractivity contribution in [3.05, 3.63) is 82.7 Å². The number of aromatic nitrogens is 2. The van der Waals surface area contributed by atoms with Gasteiger partial charge in [0.15, 0.2) is 0 Å². The molecule has 4 rings (SSSR count). The smallest absolute Gasteiger partial charge is 0.222 e. The number of fused-ring (bicyclic) bond motifs is 1. The molecule has 162 valence electrons. The zero-order valence-electron chi connectivity index (χ0n) is 18.4. The van der Waals surface area contributed by atoms with Crippen LogP contribution in [0.25, 0.3) is 0 Å². The first-order valence-corrected chi connectivity index (χ1v) is 10.8. The lowest BCUT2D eigenvalue weighted by molar-refractivity contribution is -0.110. The Morgan fingerprint density at radius 1 is 1.13 bits per heavy atom. The maximum Gasteiger partial charge on any atom is 0.222 e. The van der Waals surface area contributed by atoms with Gasteiger partial charge in [-0.2, -0.15) is 5.06 Å². The Morgan fingerprint density at radius 3 is 2.68 bits per heavy atom. The first-order valence-electron chi connectivity index (χ1n) is 10.8. The second-order valence-corrected chi connectivity index (χ2v) is 8.25. The molecular formula is C25H30N4O2. The Bertz CT molecular complexity index is 1020. The molecule has 2 aromatic carbocycles. The van der Waals surface area contributed by atoms with Crippen molar-refractivity contribution in [2.75, 3.05) is 25.5 Å². The molecule has 31 heavy (non-hydrogen) atoms. The van der Waals surface area contributed by atoms with Crippen LogP contribution in [-0.4, -0.2) is 40.4 Å². The summed E-state index contributed by atoms with van der Waals surface area (Å²) >= 11 is 0. The molecule has 1 aliphatic rings. The lowest BCUT2D eigenvalue weighted by Gasteiger charge is -2.33. The van der Waals surface area contributed by atoms with Crippen LogP contribution in [0.4, 0.5) is 5.95 Å². The van der Waals surface area contributed by atoms with E-state index in [1.165, 1.54) is 21.8 Å². The number of hydroxylamine groups is 2. The third-order valence-electron chi connectivity index (χ3n) is 6.06. The number of hydrogen-bond donors (Lipinski definition) is 2. The fourth-order valence-electron chi connectivity index (χ4n) is 4.14. The summed E-state index contributed by atoms with van der Waals surface area (Å²) in [4.78, 5) is 9.25. The van der Waals surface area contributed by atoms with Crippen molar-refractivity contribution < 1.29 is 9.94 Å². The molecular weight excluding hydrogens is 388 g/mol. The van der Waals surface area contributed by atoms with E-state index in [1.54, 1.807) is 7.05 Å². The van der Waals surface area contributed by atoms with Crippen molar-refractivity contribution in [3.8, 4) is 5.75 Å². The van der Waals surface area contributed by atoms with E-state index in [2.05, 4.69) is 60.5 Å². The van der Waals surface area contributed by atoms with Gasteiger partial charge in [-0.15, -0.1) is 0 Å². The zero-order chi connectivity index (χ0) is 21.8. The third-order valence-corrected chi connectivity index (χ3v) is 6.06. The van der Waals surface area contributed by atoms with Gasteiger partial charge in [0.25, 0.3) is 0 Å². The summed E-state index contributed by atoms with van der Waals surface area (Å²) in [7, 11) is 1.69. The maximum absolute atomic E-state index is 10.2. The number of anilines is 1. The van der Waals surface area contributed by atoms with E-state index in [9.17, 15) is 5.21 Å². The van der Waals surface area contributed by atoms with Gasteiger partial charge in [-0.25, -0.2) is 9.97 Å². The fourth-order valence-corrected chi connectivity index (χ4v) is 4.14. The van der Waals surface area contributed by atoms with Gasteiger partial charge in [-0.1, -0.05) is 36.4 Å². The number of nitrogens with zero attached hydrogens (tertiary/aromatic N) is 3. The molecule has 2 atom stereocenters. The molecule has 1 heterocycles. The number of rotatable bonds is 7. The van der Waals surface area contributed by atoms with E-state index in [0.717, 1.165) is 29.8 Å². The van der Waals surface area contributed by atoms with Crippen LogP contribution >= 0.6 is 0 Å². The van der Waals surface area contributed by atoms with Crippen LogP contribution in [0.15, 0.2) is 54.7 Å². The van der Waals surface area contributed by atoms with Crippen LogP contribution in [-0.2, 0) is 6.42 Å². The molecule has 6 heteroatoms. The average Bonchev–Trinajstić information content (AvgIpc) is 2.78. The normalized spacial score (nSPS) is 18.0.